The molecule has 0 saturated heterocycles. The van der Waals surface area contributed by atoms with Gasteiger partial charge in [-0.05, 0) is 34.2 Å². The van der Waals surface area contributed by atoms with Gasteiger partial charge in [0.2, 0.25) is 0 Å². The van der Waals surface area contributed by atoms with E-state index < -0.39 is 0 Å². The molecule has 0 aliphatic heterocycles. The SMILES string of the molecule is CC1(C)Cc2cc3ccccc3cc2C(=O)C1(C)C. The van der Waals surface area contributed by atoms with Crippen molar-refractivity contribution in [3.8, 4) is 0 Å². The molecule has 2 aromatic rings. The van der Waals surface area contributed by atoms with E-state index in [1.54, 1.807) is 0 Å². The second kappa shape index (κ2) is 3.69. The van der Waals surface area contributed by atoms with E-state index in [1.807, 2.05) is 6.07 Å². The van der Waals surface area contributed by atoms with Crippen LogP contribution in [0.1, 0.15) is 43.6 Å². The molecule has 0 spiro atoms. The Bertz CT molecular complexity index is 677. The average molecular weight is 252 g/mol. The van der Waals surface area contributed by atoms with Crippen molar-refractivity contribution in [3.05, 3.63) is 47.5 Å². The van der Waals surface area contributed by atoms with Gasteiger partial charge < -0.3 is 0 Å². The van der Waals surface area contributed by atoms with E-state index in [4.69, 9.17) is 0 Å². The maximum absolute atomic E-state index is 12.8. The third-order valence-corrected chi connectivity index (χ3v) is 5.11. The number of rotatable bonds is 0. The zero-order valence-corrected chi connectivity index (χ0v) is 12.1. The largest absolute Gasteiger partial charge is 0.294 e. The number of fused-ring (bicyclic) bond motifs is 2. The van der Waals surface area contributed by atoms with Gasteiger partial charge in [0.05, 0.1) is 0 Å². The minimum absolute atomic E-state index is 0.000456. The van der Waals surface area contributed by atoms with Gasteiger partial charge in [0.25, 0.3) is 0 Å². The van der Waals surface area contributed by atoms with E-state index in [-0.39, 0.29) is 16.6 Å². The van der Waals surface area contributed by atoms with Crippen LogP contribution in [0.5, 0.6) is 0 Å². The molecule has 2 aromatic carbocycles. The zero-order chi connectivity index (χ0) is 13.8. The first kappa shape index (κ1) is 12.4. The van der Waals surface area contributed by atoms with E-state index in [9.17, 15) is 4.79 Å². The van der Waals surface area contributed by atoms with Crippen molar-refractivity contribution in [2.24, 2.45) is 10.8 Å². The molecule has 0 N–H and O–H groups in total. The van der Waals surface area contributed by atoms with Crippen molar-refractivity contribution >= 4 is 16.6 Å². The van der Waals surface area contributed by atoms with Crippen LogP contribution >= 0.6 is 0 Å². The minimum Gasteiger partial charge on any atom is -0.294 e. The summed E-state index contributed by atoms with van der Waals surface area (Å²) in [7, 11) is 0. The van der Waals surface area contributed by atoms with Crippen molar-refractivity contribution < 1.29 is 4.79 Å². The summed E-state index contributed by atoms with van der Waals surface area (Å²) in [5, 5.41) is 2.38. The molecule has 0 bridgehead atoms. The van der Waals surface area contributed by atoms with Crippen molar-refractivity contribution in [2.75, 3.05) is 0 Å². The maximum Gasteiger partial charge on any atom is 0.169 e. The lowest BCUT2D eigenvalue weighted by atomic mass is 9.57. The molecule has 1 heteroatoms. The molecule has 1 aliphatic rings. The molecule has 0 saturated carbocycles. The fraction of sp³-hybridized carbons (Fsp3) is 0.389. The summed E-state index contributed by atoms with van der Waals surface area (Å²) >= 11 is 0. The number of hydrogen-bond donors (Lipinski definition) is 0. The maximum atomic E-state index is 12.8. The van der Waals surface area contributed by atoms with Gasteiger partial charge in [-0.15, -0.1) is 0 Å². The first-order valence-corrected chi connectivity index (χ1v) is 6.89. The number of carbonyl (C=O) groups excluding carboxylic acids is 1. The lowest BCUT2D eigenvalue weighted by molar-refractivity contribution is 0.0533. The molecule has 19 heavy (non-hydrogen) atoms. The highest BCUT2D eigenvalue weighted by Gasteiger charge is 2.47. The zero-order valence-electron chi connectivity index (χ0n) is 12.1. The van der Waals surface area contributed by atoms with Crippen LogP contribution in [0.15, 0.2) is 36.4 Å². The van der Waals surface area contributed by atoms with Crippen molar-refractivity contribution in [1.82, 2.24) is 0 Å². The molecule has 1 aliphatic carbocycles. The molecule has 0 heterocycles. The van der Waals surface area contributed by atoms with Crippen LogP contribution in [0.4, 0.5) is 0 Å². The molecule has 3 rings (SSSR count). The summed E-state index contributed by atoms with van der Waals surface area (Å²) < 4.78 is 0. The predicted octanol–water partition coefficient (Wildman–Crippen LogP) is 4.63. The lowest BCUT2D eigenvalue weighted by Gasteiger charge is -2.45. The van der Waals surface area contributed by atoms with Crippen molar-refractivity contribution in [3.63, 3.8) is 0 Å². The molecule has 0 aromatic heterocycles. The predicted molar refractivity (Wildman–Crippen MR) is 79.5 cm³/mol. The van der Waals surface area contributed by atoms with Gasteiger partial charge in [0.15, 0.2) is 5.78 Å². The van der Waals surface area contributed by atoms with Gasteiger partial charge in [-0.2, -0.15) is 0 Å². The standard InChI is InChI=1S/C18H20O/c1-17(2)11-14-9-12-7-5-6-8-13(12)10-15(14)16(19)18(17,3)4/h5-10H,11H2,1-4H3. The second-order valence-electron chi connectivity index (χ2n) is 6.87. The van der Waals surface area contributed by atoms with Crippen LogP contribution in [-0.4, -0.2) is 5.78 Å². The fourth-order valence-corrected chi connectivity index (χ4v) is 2.99. The van der Waals surface area contributed by atoms with E-state index in [0.29, 0.717) is 0 Å². The van der Waals surface area contributed by atoms with Gasteiger partial charge in [0.1, 0.15) is 0 Å². The number of carbonyl (C=O) groups is 1. The summed E-state index contributed by atoms with van der Waals surface area (Å²) in [5.41, 5.74) is 1.82. The van der Waals surface area contributed by atoms with Gasteiger partial charge in [0, 0.05) is 11.0 Å². The van der Waals surface area contributed by atoms with Crippen LogP contribution < -0.4 is 0 Å². The molecular formula is C18H20O. The highest BCUT2D eigenvalue weighted by molar-refractivity contribution is 6.06. The monoisotopic (exact) mass is 252 g/mol. The Morgan fingerprint density at radius 2 is 1.53 bits per heavy atom. The summed E-state index contributed by atoms with van der Waals surface area (Å²) in [6.45, 7) is 8.55. The molecular weight excluding hydrogens is 232 g/mol. The van der Waals surface area contributed by atoms with E-state index >= 15 is 0 Å². The quantitative estimate of drug-likeness (QED) is 0.668. The lowest BCUT2D eigenvalue weighted by Crippen LogP contribution is -2.45. The Labute approximate surface area is 114 Å². The summed E-state index contributed by atoms with van der Waals surface area (Å²) in [6.07, 6.45) is 0.964. The number of benzene rings is 2. The Morgan fingerprint density at radius 3 is 2.16 bits per heavy atom. The molecule has 0 amide bonds. The minimum atomic E-state index is -0.303. The van der Waals surface area contributed by atoms with Gasteiger partial charge in [-0.25, -0.2) is 0 Å². The Kier molecular flexibility index (Phi) is 2.41. The van der Waals surface area contributed by atoms with Gasteiger partial charge in [-0.3, -0.25) is 4.79 Å². The first-order chi connectivity index (χ1) is 8.83. The molecule has 0 fully saturated rings. The third-order valence-electron chi connectivity index (χ3n) is 5.11. The van der Waals surface area contributed by atoms with Crippen LogP contribution in [0.3, 0.4) is 0 Å². The molecule has 0 atom stereocenters. The topological polar surface area (TPSA) is 17.1 Å². The van der Waals surface area contributed by atoms with Crippen LogP contribution in [0.2, 0.25) is 0 Å². The highest BCUT2D eigenvalue weighted by Crippen LogP contribution is 2.48. The van der Waals surface area contributed by atoms with Crippen molar-refractivity contribution in [2.45, 2.75) is 34.1 Å². The fourth-order valence-electron chi connectivity index (χ4n) is 2.99. The van der Waals surface area contributed by atoms with Crippen LogP contribution in [0.25, 0.3) is 10.8 Å². The van der Waals surface area contributed by atoms with E-state index in [2.05, 4.69) is 58.0 Å². The van der Waals surface area contributed by atoms with Crippen LogP contribution in [-0.2, 0) is 6.42 Å². The summed E-state index contributed by atoms with van der Waals surface area (Å²) in [6, 6.07) is 12.5. The molecule has 1 nitrogen and oxygen atoms in total. The van der Waals surface area contributed by atoms with E-state index in [1.165, 1.54) is 10.9 Å². The normalized spacial score (nSPS) is 20.3. The molecule has 98 valence electrons. The highest BCUT2D eigenvalue weighted by atomic mass is 16.1. The summed E-state index contributed by atoms with van der Waals surface area (Å²) in [4.78, 5) is 12.8. The molecule has 0 radical (unpaired) electrons. The third kappa shape index (κ3) is 1.64. The number of Topliss-reactive ketones (excluding diaryl/α,β-unsaturated/α-hetero) is 1. The summed E-state index contributed by atoms with van der Waals surface area (Å²) in [5.74, 6) is 0.282. The Hall–Kier alpha value is -1.63. The van der Waals surface area contributed by atoms with Gasteiger partial charge >= 0.3 is 0 Å². The Morgan fingerprint density at radius 1 is 0.947 bits per heavy atom. The van der Waals surface area contributed by atoms with Gasteiger partial charge in [-0.1, -0.05) is 58.0 Å². The number of hydrogen-bond acceptors (Lipinski definition) is 1. The Balaban J connectivity index is 2.29. The van der Waals surface area contributed by atoms with Crippen molar-refractivity contribution in [1.29, 1.82) is 0 Å². The smallest absolute Gasteiger partial charge is 0.169 e. The molecule has 0 unspecified atom stereocenters. The average Bonchev–Trinajstić information content (AvgIpc) is 2.35. The van der Waals surface area contributed by atoms with Crippen LogP contribution in [0, 0.1) is 10.8 Å². The van der Waals surface area contributed by atoms with E-state index in [0.717, 1.165) is 17.4 Å². The second-order valence-corrected chi connectivity index (χ2v) is 6.87. The first-order valence-electron chi connectivity index (χ1n) is 6.89. The number of ketones is 1.